The second-order valence-corrected chi connectivity index (χ2v) is 6.49. The molecule has 1 aromatic carbocycles. The molecule has 2 aromatic heterocycles. The Morgan fingerprint density at radius 1 is 1.28 bits per heavy atom. The Morgan fingerprint density at radius 3 is 2.56 bits per heavy atom. The highest BCUT2D eigenvalue weighted by Crippen LogP contribution is 2.34. The zero-order valence-corrected chi connectivity index (χ0v) is 14.2. The van der Waals surface area contributed by atoms with Crippen LogP contribution in [0.3, 0.4) is 0 Å². The Kier molecular flexibility index (Phi) is 4.53. The van der Waals surface area contributed by atoms with E-state index in [1.54, 1.807) is 24.3 Å². The Labute approximate surface area is 149 Å². The van der Waals surface area contributed by atoms with Crippen molar-refractivity contribution in [3.8, 4) is 10.7 Å². The number of carbonyl (C=O) groups is 1. The molecule has 0 saturated carbocycles. The van der Waals surface area contributed by atoms with E-state index in [1.165, 1.54) is 13.2 Å². The van der Waals surface area contributed by atoms with Crippen LogP contribution in [-0.4, -0.2) is 20.7 Å². The smallest absolute Gasteiger partial charge is 0.312 e. The maximum atomic E-state index is 12.7. The minimum absolute atomic E-state index is 0.212. The predicted molar refractivity (Wildman–Crippen MR) is 88.7 cm³/mol. The monoisotopic (exact) mass is 386 g/mol. The molecule has 5 nitrogen and oxygen atoms in total. The van der Waals surface area contributed by atoms with Crippen LogP contribution in [-0.2, 0) is 13.2 Å². The average Bonchev–Trinajstić information content (AvgIpc) is 3.14. The molecule has 0 unspecified atom stereocenters. The lowest BCUT2D eigenvalue weighted by Gasteiger charge is -2.01. The number of alkyl halides is 3. The zero-order valence-electron chi connectivity index (χ0n) is 12.6. The van der Waals surface area contributed by atoms with E-state index in [0.29, 0.717) is 20.6 Å². The topological polar surface area (TPSA) is 59.8 Å². The third-order valence-electron chi connectivity index (χ3n) is 3.24. The van der Waals surface area contributed by atoms with Gasteiger partial charge >= 0.3 is 6.18 Å². The summed E-state index contributed by atoms with van der Waals surface area (Å²) < 4.78 is 39.3. The number of aromatic nitrogens is 3. The molecule has 2 heterocycles. The van der Waals surface area contributed by atoms with Crippen molar-refractivity contribution < 1.29 is 18.0 Å². The number of benzene rings is 1. The van der Waals surface area contributed by atoms with Crippen LogP contribution >= 0.6 is 22.9 Å². The van der Waals surface area contributed by atoms with Gasteiger partial charge in [-0.05, 0) is 30.3 Å². The second kappa shape index (κ2) is 6.49. The van der Waals surface area contributed by atoms with E-state index in [2.05, 4.69) is 15.4 Å². The lowest BCUT2D eigenvalue weighted by atomic mass is 10.2. The summed E-state index contributed by atoms with van der Waals surface area (Å²) >= 11 is 6.82. The van der Waals surface area contributed by atoms with Gasteiger partial charge in [0, 0.05) is 17.6 Å². The molecule has 0 bridgehead atoms. The van der Waals surface area contributed by atoms with Gasteiger partial charge in [0.25, 0.3) is 5.91 Å². The first-order valence-electron chi connectivity index (χ1n) is 6.88. The van der Waals surface area contributed by atoms with Crippen LogP contribution in [0.1, 0.15) is 16.1 Å². The molecule has 1 amide bonds. The molecular formula is C15H10ClF3N4OS. The van der Waals surface area contributed by atoms with Crippen LogP contribution < -0.4 is 5.32 Å². The third-order valence-corrected chi connectivity index (χ3v) is 4.43. The summed E-state index contributed by atoms with van der Waals surface area (Å²) in [7, 11) is 1.40. The Bertz CT molecular complexity index is 918. The number of amides is 1. The van der Waals surface area contributed by atoms with Crippen molar-refractivity contribution in [2.45, 2.75) is 6.18 Å². The zero-order chi connectivity index (χ0) is 18.2. The number of nitrogens with zero attached hydrogens (tertiary/aromatic N) is 3. The number of hydrogen-bond donors (Lipinski definition) is 1. The molecular weight excluding hydrogens is 377 g/mol. The number of halogens is 4. The number of hydrogen-bond acceptors (Lipinski definition) is 4. The van der Waals surface area contributed by atoms with Gasteiger partial charge in [-0.25, -0.2) is 4.98 Å². The lowest BCUT2D eigenvalue weighted by molar-refractivity contribution is -0.141. The molecule has 130 valence electrons. The van der Waals surface area contributed by atoms with Gasteiger partial charge in [0.2, 0.25) is 0 Å². The standard InChI is InChI=1S/C15H10ClF3N4OS/c1-23-10(6-11(22-23)15(17,18)19)14-20-7-12(25-14)21-13(24)8-2-4-9(16)5-3-8/h2-7H,1H3,(H,21,24). The number of thiazole rings is 1. The summed E-state index contributed by atoms with van der Waals surface area (Å²) in [6, 6.07) is 7.22. The molecule has 3 rings (SSSR count). The molecule has 0 spiro atoms. The van der Waals surface area contributed by atoms with Gasteiger partial charge in [0.1, 0.15) is 10.0 Å². The molecule has 0 aliphatic heterocycles. The van der Waals surface area contributed by atoms with Crippen LogP contribution in [0.25, 0.3) is 10.7 Å². The molecule has 1 N–H and O–H groups in total. The van der Waals surface area contributed by atoms with Gasteiger partial charge in [0.15, 0.2) is 5.69 Å². The summed E-state index contributed by atoms with van der Waals surface area (Å²) in [6.45, 7) is 0. The first-order valence-corrected chi connectivity index (χ1v) is 8.08. The van der Waals surface area contributed by atoms with Crippen molar-refractivity contribution in [1.29, 1.82) is 0 Å². The van der Waals surface area contributed by atoms with Gasteiger partial charge in [-0.3, -0.25) is 9.48 Å². The van der Waals surface area contributed by atoms with Crippen LogP contribution in [0.5, 0.6) is 0 Å². The number of nitrogens with one attached hydrogen (secondary N) is 1. The normalized spacial score (nSPS) is 11.6. The van der Waals surface area contributed by atoms with Crippen molar-refractivity contribution in [3.63, 3.8) is 0 Å². The minimum atomic E-state index is -4.53. The summed E-state index contributed by atoms with van der Waals surface area (Å²) in [6.07, 6.45) is -3.15. The first kappa shape index (κ1) is 17.4. The third kappa shape index (κ3) is 3.83. The van der Waals surface area contributed by atoms with Gasteiger partial charge in [-0.1, -0.05) is 22.9 Å². The molecule has 10 heteroatoms. The van der Waals surface area contributed by atoms with E-state index in [1.807, 2.05) is 0 Å². The van der Waals surface area contributed by atoms with E-state index >= 15 is 0 Å². The number of aryl methyl sites for hydroxylation is 1. The molecule has 0 atom stereocenters. The summed E-state index contributed by atoms with van der Waals surface area (Å²) in [5.41, 5.74) is -0.379. The van der Waals surface area contributed by atoms with Gasteiger partial charge < -0.3 is 5.32 Å². The van der Waals surface area contributed by atoms with E-state index in [4.69, 9.17) is 11.6 Å². The highest BCUT2D eigenvalue weighted by molar-refractivity contribution is 7.19. The fourth-order valence-corrected chi connectivity index (χ4v) is 3.03. The molecule has 25 heavy (non-hydrogen) atoms. The fourth-order valence-electron chi connectivity index (χ4n) is 2.04. The van der Waals surface area contributed by atoms with Crippen LogP contribution in [0.15, 0.2) is 36.5 Å². The summed E-state index contributed by atoms with van der Waals surface area (Å²) in [5.74, 6) is -0.368. The van der Waals surface area contributed by atoms with Gasteiger partial charge in [-0.2, -0.15) is 18.3 Å². The van der Waals surface area contributed by atoms with Gasteiger partial charge in [0.05, 0.1) is 11.9 Å². The Morgan fingerprint density at radius 2 is 1.96 bits per heavy atom. The van der Waals surface area contributed by atoms with Crippen LogP contribution in [0.2, 0.25) is 5.02 Å². The van der Waals surface area contributed by atoms with Gasteiger partial charge in [-0.15, -0.1) is 0 Å². The average molecular weight is 387 g/mol. The predicted octanol–water partition coefficient (Wildman–Crippen LogP) is 4.47. The van der Waals surface area contributed by atoms with Crippen molar-refractivity contribution in [2.24, 2.45) is 7.05 Å². The van der Waals surface area contributed by atoms with Crippen LogP contribution in [0, 0.1) is 0 Å². The number of anilines is 1. The quantitative estimate of drug-likeness (QED) is 0.722. The van der Waals surface area contributed by atoms with Crippen molar-refractivity contribution in [1.82, 2.24) is 14.8 Å². The van der Waals surface area contributed by atoms with Crippen molar-refractivity contribution >= 4 is 33.8 Å². The molecule has 0 fully saturated rings. The minimum Gasteiger partial charge on any atom is -0.312 e. The fraction of sp³-hybridized carbons (Fsp3) is 0.133. The van der Waals surface area contributed by atoms with E-state index in [0.717, 1.165) is 22.1 Å². The van der Waals surface area contributed by atoms with Crippen molar-refractivity contribution in [2.75, 3.05) is 5.32 Å². The van der Waals surface area contributed by atoms with Crippen molar-refractivity contribution in [3.05, 3.63) is 52.8 Å². The Balaban J connectivity index is 1.80. The maximum absolute atomic E-state index is 12.7. The Hall–Kier alpha value is -2.39. The molecule has 3 aromatic rings. The summed E-state index contributed by atoms with van der Waals surface area (Å²) in [5, 5.41) is 7.32. The molecule has 0 radical (unpaired) electrons. The maximum Gasteiger partial charge on any atom is 0.435 e. The number of carbonyl (C=O) groups excluding carboxylic acids is 1. The number of rotatable bonds is 3. The highest BCUT2D eigenvalue weighted by atomic mass is 35.5. The lowest BCUT2D eigenvalue weighted by Crippen LogP contribution is -2.10. The molecule has 0 saturated heterocycles. The molecule has 0 aliphatic rings. The first-order chi connectivity index (χ1) is 11.7. The SMILES string of the molecule is Cn1nc(C(F)(F)F)cc1-c1ncc(NC(=O)c2ccc(Cl)cc2)s1. The molecule has 0 aliphatic carbocycles. The van der Waals surface area contributed by atoms with E-state index in [9.17, 15) is 18.0 Å². The largest absolute Gasteiger partial charge is 0.435 e. The highest BCUT2D eigenvalue weighted by Gasteiger charge is 2.35. The summed E-state index contributed by atoms with van der Waals surface area (Å²) in [4.78, 5) is 16.2. The van der Waals surface area contributed by atoms with E-state index < -0.39 is 11.9 Å². The second-order valence-electron chi connectivity index (χ2n) is 5.03. The van der Waals surface area contributed by atoms with E-state index in [-0.39, 0.29) is 11.6 Å². The van der Waals surface area contributed by atoms with Crippen LogP contribution in [0.4, 0.5) is 18.2 Å².